The van der Waals surface area contributed by atoms with E-state index in [0.717, 1.165) is 25.7 Å². The molecular formula is C11H20N2O3S. The van der Waals surface area contributed by atoms with E-state index in [9.17, 15) is 13.2 Å². The molecule has 0 aromatic rings. The van der Waals surface area contributed by atoms with Gasteiger partial charge in [-0.05, 0) is 38.5 Å². The van der Waals surface area contributed by atoms with Crippen LogP contribution in [0.15, 0.2) is 0 Å². The molecule has 0 radical (unpaired) electrons. The van der Waals surface area contributed by atoms with Crippen LogP contribution in [0.2, 0.25) is 0 Å². The molecule has 0 bridgehead atoms. The van der Waals surface area contributed by atoms with Crippen molar-refractivity contribution in [1.29, 1.82) is 0 Å². The second-order valence-corrected chi connectivity index (χ2v) is 7.06. The van der Waals surface area contributed by atoms with Gasteiger partial charge >= 0.3 is 0 Å². The van der Waals surface area contributed by atoms with Gasteiger partial charge in [0.2, 0.25) is 15.9 Å². The minimum Gasteiger partial charge on any atom is -0.353 e. The van der Waals surface area contributed by atoms with Crippen molar-refractivity contribution in [2.75, 3.05) is 0 Å². The Hall–Kier alpha value is -0.620. The Morgan fingerprint density at radius 1 is 1.12 bits per heavy atom. The van der Waals surface area contributed by atoms with Crippen LogP contribution in [0, 0.1) is 5.92 Å². The van der Waals surface area contributed by atoms with Crippen molar-refractivity contribution in [2.45, 2.75) is 56.2 Å². The van der Waals surface area contributed by atoms with Gasteiger partial charge in [0.25, 0.3) is 0 Å². The summed E-state index contributed by atoms with van der Waals surface area (Å²) >= 11 is 0. The monoisotopic (exact) mass is 260 g/mol. The standard InChI is InChI=1S/C11H20N2O3S/c12-17(15,16)10-6-1-3-8(7-10)11(14)13-9-4-2-5-9/h8-10H,1-7H2,(H,13,14)(H2,12,15,16). The number of nitrogens with one attached hydrogen (secondary N) is 1. The van der Waals surface area contributed by atoms with Gasteiger partial charge in [-0.2, -0.15) is 0 Å². The average Bonchev–Trinajstić information content (AvgIpc) is 2.22. The lowest BCUT2D eigenvalue weighted by Gasteiger charge is -2.31. The maximum absolute atomic E-state index is 11.9. The van der Waals surface area contributed by atoms with Crippen molar-refractivity contribution >= 4 is 15.9 Å². The summed E-state index contributed by atoms with van der Waals surface area (Å²) < 4.78 is 22.6. The maximum atomic E-state index is 11.9. The van der Waals surface area contributed by atoms with E-state index >= 15 is 0 Å². The third-order valence-electron chi connectivity index (χ3n) is 3.91. The molecular weight excluding hydrogens is 240 g/mol. The fourth-order valence-corrected chi connectivity index (χ4v) is 3.55. The Kier molecular flexibility index (Phi) is 3.73. The second kappa shape index (κ2) is 4.94. The molecule has 0 aliphatic heterocycles. The molecule has 2 rings (SSSR count). The molecule has 1 amide bonds. The van der Waals surface area contributed by atoms with E-state index in [1.807, 2.05) is 0 Å². The number of carbonyl (C=O) groups is 1. The minimum absolute atomic E-state index is 0.0167. The van der Waals surface area contributed by atoms with Crippen molar-refractivity contribution < 1.29 is 13.2 Å². The highest BCUT2D eigenvalue weighted by Crippen LogP contribution is 2.28. The van der Waals surface area contributed by atoms with Crippen molar-refractivity contribution in [2.24, 2.45) is 11.1 Å². The molecule has 98 valence electrons. The topological polar surface area (TPSA) is 89.3 Å². The molecule has 0 saturated heterocycles. The number of primary sulfonamides is 1. The average molecular weight is 260 g/mol. The van der Waals surface area contributed by atoms with Crippen LogP contribution >= 0.6 is 0 Å². The van der Waals surface area contributed by atoms with Crippen LogP contribution in [0.5, 0.6) is 0 Å². The number of amides is 1. The molecule has 2 fully saturated rings. The summed E-state index contributed by atoms with van der Waals surface area (Å²) in [7, 11) is -3.49. The molecule has 2 aliphatic rings. The van der Waals surface area contributed by atoms with E-state index in [0.29, 0.717) is 18.9 Å². The SMILES string of the molecule is NS(=O)(=O)C1CCCC(C(=O)NC2CCC2)C1. The smallest absolute Gasteiger partial charge is 0.223 e. The summed E-state index contributed by atoms with van der Waals surface area (Å²) in [6.45, 7) is 0. The summed E-state index contributed by atoms with van der Waals surface area (Å²) in [4.78, 5) is 11.9. The van der Waals surface area contributed by atoms with Crippen LogP contribution in [0.3, 0.4) is 0 Å². The van der Waals surface area contributed by atoms with Gasteiger partial charge in [0, 0.05) is 12.0 Å². The molecule has 2 atom stereocenters. The highest BCUT2D eigenvalue weighted by atomic mass is 32.2. The van der Waals surface area contributed by atoms with Gasteiger partial charge in [-0.25, -0.2) is 13.6 Å². The van der Waals surface area contributed by atoms with Gasteiger partial charge < -0.3 is 5.32 Å². The summed E-state index contributed by atoms with van der Waals surface area (Å²) in [6.07, 6.45) is 5.81. The molecule has 3 N–H and O–H groups in total. The van der Waals surface area contributed by atoms with Crippen molar-refractivity contribution in [3.8, 4) is 0 Å². The molecule has 0 heterocycles. The van der Waals surface area contributed by atoms with Gasteiger partial charge in [0.05, 0.1) is 5.25 Å². The first-order chi connectivity index (χ1) is 7.97. The zero-order chi connectivity index (χ0) is 12.5. The first-order valence-corrected chi connectivity index (χ1v) is 7.90. The van der Waals surface area contributed by atoms with E-state index in [1.54, 1.807) is 0 Å². The van der Waals surface area contributed by atoms with Gasteiger partial charge in [0.15, 0.2) is 0 Å². The summed E-state index contributed by atoms with van der Waals surface area (Å²) in [5.41, 5.74) is 0. The summed E-state index contributed by atoms with van der Waals surface area (Å²) in [5.74, 6) is -0.157. The molecule has 2 saturated carbocycles. The fourth-order valence-electron chi connectivity index (χ4n) is 2.55. The predicted molar refractivity (Wildman–Crippen MR) is 64.6 cm³/mol. The zero-order valence-electron chi connectivity index (χ0n) is 9.89. The van der Waals surface area contributed by atoms with Crippen molar-refractivity contribution in [3.05, 3.63) is 0 Å². The van der Waals surface area contributed by atoms with Crippen molar-refractivity contribution in [1.82, 2.24) is 5.32 Å². The number of hydrogen-bond donors (Lipinski definition) is 2. The maximum Gasteiger partial charge on any atom is 0.223 e. The molecule has 0 spiro atoms. The van der Waals surface area contributed by atoms with Crippen LogP contribution in [-0.2, 0) is 14.8 Å². The third kappa shape index (κ3) is 3.19. The molecule has 6 heteroatoms. The van der Waals surface area contributed by atoms with Gasteiger partial charge in [0.1, 0.15) is 0 Å². The molecule has 2 aliphatic carbocycles. The summed E-state index contributed by atoms with van der Waals surface area (Å²) in [6, 6.07) is 0.317. The molecule has 2 unspecified atom stereocenters. The Bertz CT molecular complexity index is 390. The molecule has 5 nitrogen and oxygen atoms in total. The van der Waals surface area contributed by atoms with Crippen LogP contribution in [-0.4, -0.2) is 25.6 Å². The normalized spacial score (nSPS) is 30.6. The lowest BCUT2D eigenvalue weighted by atomic mass is 9.86. The number of carbonyl (C=O) groups excluding carboxylic acids is 1. The van der Waals surface area contributed by atoms with Crippen LogP contribution in [0.25, 0.3) is 0 Å². The largest absolute Gasteiger partial charge is 0.353 e. The Labute approximate surface area is 102 Å². The Balaban J connectivity index is 1.90. The van der Waals surface area contributed by atoms with E-state index < -0.39 is 15.3 Å². The van der Waals surface area contributed by atoms with Gasteiger partial charge in [-0.3, -0.25) is 4.79 Å². The molecule has 17 heavy (non-hydrogen) atoms. The van der Waals surface area contributed by atoms with E-state index in [1.165, 1.54) is 6.42 Å². The second-order valence-electron chi connectivity index (χ2n) is 5.21. The lowest BCUT2D eigenvalue weighted by molar-refractivity contribution is -0.127. The highest BCUT2D eigenvalue weighted by Gasteiger charge is 2.34. The Morgan fingerprint density at radius 2 is 1.76 bits per heavy atom. The van der Waals surface area contributed by atoms with E-state index in [4.69, 9.17) is 5.14 Å². The first-order valence-electron chi connectivity index (χ1n) is 6.29. The van der Waals surface area contributed by atoms with Crippen LogP contribution in [0.1, 0.15) is 44.9 Å². The first kappa shape index (κ1) is 12.8. The van der Waals surface area contributed by atoms with Crippen molar-refractivity contribution in [3.63, 3.8) is 0 Å². The quantitative estimate of drug-likeness (QED) is 0.774. The van der Waals surface area contributed by atoms with E-state index in [2.05, 4.69) is 5.32 Å². The number of nitrogens with two attached hydrogens (primary N) is 1. The Morgan fingerprint density at radius 3 is 2.29 bits per heavy atom. The zero-order valence-corrected chi connectivity index (χ0v) is 10.7. The summed E-state index contributed by atoms with van der Waals surface area (Å²) in [5, 5.41) is 7.60. The molecule has 0 aromatic carbocycles. The minimum atomic E-state index is -3.49. The van der Waals surface area contributed by atoms with Gasteiger partial charge in [-0.15, -0.1) is 0 Å². The third-order valence-corrected chi connectivity index (χ3v) is 5.27. The lowest BCUT2D eigenvalue weighted by Crippen LogP contribution is -2.45. The highest BCUT2D eigenvalue weighted by molar-refractivity contribution is 7.89. The van der Waals surface area contributed by atoms with E-state index in [-0.39, 0.29) is 11.8 Å². The number of sulfonamides is 1. The predicted octanol–water partition coefficient (Wildman–Crippen LogP) is 0.502. The number of rotatable bonds is 3. The van der Waals surface area contributed by atoms with Gasteiger partial charge in [-0.1, -0.05) is 6.42 Å². The van der Waals surface area contributed by atoms with Crippen LogP contribution < -0.4 is 10.5 Å². The number of hydrogen-bond acceptors (Lipinski definition) is 3. The van der Waals surface area contributed by atoms with Crippen LogP contribution in [0.4, 0.5) is 0 Å². The fraction of sp³-hybridized carbons (Fsp3) is 0.909. The molecule has 0 aromatic heterocycles.